The van der Waals surface area contributed by atoms with E-state index in [1.807, 2.05) is 11.9 Å². The number of benzene rings is 3. The van der Waals surface area contributed by atoms with Gasteiger partial charge < -0.3 is 15.0 Å². The Kier molecular flexibility index (Phi) is 8.44. The van der Waals surface area contributed by atoms with Gasteiger partial charge in [0.1, 0.15) is 17.4 Å². The quantitative estimate of drug-likeness (QED) is 0.296. The molecule has 0 aliphatic carbocycles. The number of urea groups is 1. The van der Waals surface area contributed by atoms with Gasteiger partial charge in [-0.2, -0.15) is 0 Å². The summed E-state index contributed by atoms with van der Waals surface area (Å²) >= 11 is 0. The fourth-order valence-electron chi connectivity index (χ4n) is 3.77. The Bertz CT molecular complexity index is 1630. The van der Waals surface area contributed by atoms with E-state index in [9.17, 15) is 26.4 Å². The molecular formula is C27H25F3N6O4S. The van der Waals surface area contributed by atoms with Crippen LogP contribution in [0.2, 0.25) is 0 Å². The number of ether oxygens (including phenoxy) is 1. The van der Waals surface area contributed by atoms with Crippen molar-refractivity contribution < 1.29 is 31.1 Å². The zero-order valence-electron chi connectivity index (χ0n) is 21.8. The molecule has 3 aromatic carbocycles. The number of aromatic nitrogens is 2. The number of nitrogens with zero attached hydrogens (tertiary/aromatic N) is 4. The Morgan fingerprint density at radius 3 is 2.27 bits per heavy atom. The first-order valence-corrected chi connectivity index (χ1v) is 13.5. The number of nitrogens with one attached hydrogen (secondary N) is 1. The third-order valence-corrected chi connectivity index (χ3v) is 6.80. The molecule has 214 valence electrons. The van der Waals surface area contributed by atoms with Crippen LogP contribution >= 0.6 is 0 Å². The van der Waals surface area contributed by atoms with E-state index in [-0.39, 0.29) is 4.90 Å². The Labute approximate surface area is 234 Å². The lowest BCUT2D eigenvalue weighted by Crippen LogP contribution is -2.31. The minimum absolute atomic E-state index is 0.00968. The number of hydrogen-bond donors (Lipinski definition) is 2. The van der Waals surface area contributed by atoms with Crippen molar-refractivity contribution in [1.82, 2.24) is 9.97 Å². The van der Waals surface area contributed by atoms with Crippen molar-refractivity contribution in [2.24, 2.45) is 5.14 Å². The summed E-state index contributed by atoms with van der Waals surface area (Å²) in [5.41, 5.74) is 2.31. The number of rotatable bonds is 8. The van der Waals surface area contributed by atoms with E-state index in [2.05, 4.69) is 20.0 Å². The maximum Gasteiger partial charge on any atom is 0.573 e. The second-order valence-electron chi connectivity index (χ2n) is 8.84. The minimum Gasteiger partial charge on any atom is -0.406 e. The molecule has 0 spiro atoms. The van der Waals surface area contributed by atoms with E-state index in [4.69, 9.17) is 5.14 Å². The summed E-state index contributed by atoms with van der Waals surface area (Å²) in [5.74, 6) is 0.678. The molecule has 0 fully saturated rings. The van der Waals surface area contributed by atoms with E-state index in [0.29, 0.717) is 35.0 Å². The van der Waals surface area contributed by atoms with Gasteiger partial charge in [0.05, 0.1) is 4.90 Å². The SMILES string of the molecule is CN(C(=O)Nc1ccc(OC(F)(F)F)cc1)c1ccc(N(C)c2ccnc(Cc3cccc(S(N)(=O)=O)c3)n2)cc1. The molecule has 10 nitrogen and oxygen atoms in total. The van der Waals surface area contributed by atoms with E-state index in [0.717, 1.165) is 17.8 Å². The van der Waals surface area contributed by atoms with Gasteiger partial charge in [-0.3, -0.25) is 4.90 Å². The normalized spacial score (nSPS) is 11.6. The second kappa shape index (κ2) is 11.8. The second-order valence-corrected chi connectivity index (χ2v) is 10.4. The van der Waals surface area contributed by atoms with Crippen LogP contribution in [0.4, 0.5) is 40.8 Å². The first kappa shape index (κ1) is 29.3. The molecule has 0 aliphatic heterocycles. The van der Waals surface area contributed by atoms with Gasteiger partial charge >= 0.3 is 12.4 Å². The van der Waals surface area contributed by atoms with Crippen molar-refractivity contribution in [3.63, 3.8) is 0 Å². The molecule has 0 saturated heterocycles. The molecule has 3 N–H and O–H groups in total. The van der Waals surface area contributed by atoms with Crippen LogP contribution in [-0.2, 0) is 16.4 Å². The van der Waals surface area contributed by atoms with Gasteiger partial charge in [-0.15, -0.1) is 13.2 Å². The fourth-order valence-corrected chi connectivity index (χ4v) is 4.36. The van der Waals surface area contributed by atoms with Crippen LogP contribution in [-0.4, -0.2) is 44.9 Å². The van der Waals surface area contributed by atoms with Crippen molar-refractivity contribution in [3.8, 4) is 5.75 Å². The van der Waals surface area contributed by atoms with Crippen LogP contribution < -0.4 is 25.0 Å². The van der Waals surface area contributed by atoms with Crippen molar-refractivity contribution in [3.05, 3.63) is 96.4 Å². The molecule has 0 atom stereocenters. The summed E-state index contributed by atoms with van der Waals surface area (Å²) in [5, 5.41) is 7.84. The molecule has 0 aliphatic rings. The lowest BCUT2D eigenvalue weighted by molar-refractivity contribution is -0.274. The summed E-state index contributed by atoms with van der Waals surface area (Å²) in [4.78, 5) is 24.7. The monoisotopic (exact) mass is 586 g/mol. The van der Waals surface area contributed by atoms with Gasteiger partial charge in [0.2, 0.25) is 10.0 Å². The van der Waals surface area contributed by atoms with Crippen molar-refractivity contribution in [2.45, 2.75) is 17.7 Å². The number of carbonyl (C=O) groups excluding carboxylic acids is 1. The van der Waals surface area contributed by atoms with Crippen LogP contribution in [0.5, 0.6) is 5.75 Å². The van der Waals surface area contributed by atoms with E-state index < -0.39 is 28.2 Å². The Morgan fingerprint density at radius 1 is 0.976 bits per heavy atom. The molecule has 2 amide bonds. The summed E-state index contributed by atoms with van der Waals surface area (Å²) in [6.07, 6.45) is -2.90. The molecule has 0 saturated carbocycles. The Hall–Kier alpha value is -4.69. The predicted octanol–water partition coefficient (Wildman–Crippen LogP) is 5.05. The number of nitrogens with two attached hydrogens (primary N) is 1. The fraction of sp³-hybridized carbons (Fsp3) is 0.148. The first-order chi connectivity index (χ1) is 19.3. The first-order valence-electron chi connectivity index (χ1n) is 12.0. The number of hydrogen-bond acceptors (Lipinski definition) is 7. The highest BCUT2D eigenvalue weighted by atomic mass is 32.2. The third kappa shape index (κ3) is 7.93. The predicted molar refractivity (Wildman–Crippen MR) is 148 cm³/mol. The van der Waals surface area contributed by atoms with Crippen LogP contribution in [0.3, 0.4) is 0 Å². The largest absolute Gasteiger partial charge is 0.573 e. The number of halogens is 3. The van der Waals surface area contributed by atoms with Gasteiger partial charge in [0.15, 0.2) is 0 Å². The molecule has 4 aromatic rings. The molecule has 14 heteroatoms. The number of amides is 2. The van der Waals surface area contributed by atoms with Gasteiger partial charge in [-0.05, 0) is 72.3 Å². The summed E-state index contributed by atoms with van der Waals surface area (Å²) in [6.45, 7) is 0. The van der Waals surface area contributed by atoms with Crippen LogP contribution in [0, 0.1) is 0 Å². The van der Waals surface area contributed by atoms with Gasteiger partial charge in [-0.25, -0.2) is 28.3 Å². The molecule has 0 unspecified atom stereocenters. The summed E-state index contributed by atoms with van der Waals surface area (Å²) < 4.78 is 64.1. The third-order valence-electron chi connectivity index (χ3n) is 5.89. The van der Waals surface area contributed by atoms with Crippen molar-refractivity contribution in [1.29, 1.82) is 0 Å². The topological polar surface area (TPSA) is 131 Å². The van der Waals surface area contributed by atoms with Crippen LogP contribution in [0.15, 0.2) is 90.0 Å². The summed E-state index contributed by atoms with van der Waals surface area (Å²) in [7, 11) is -0.467. The maximum absolute atomic E-state index is 12.7. The number of carbonyl (C=O) groups is 1. The molecule has 4 rings (SSSR count). The molecular weight excluding hydrogens is 561 g/mol. The number of sulfonamides is 1. The van der Waals surface area contributed by atoms with Gasteiger partial charge in [0, 0.05) is 43.8 Å². The molecule has 1 aromatic heterocycles. The Morgan fingerprint density at radius 2 is 1.63 bits per heavy atom. The van der Waals surface area contributed by atoms with E-state index in [1.165, 1.54) is 29.2 Å². The highest BCUT2D eigenvalue weighted by Gasteiger charge is 2.31. The zero-order chi connectivity index (χ0) is 29.8. The molecule has 1 heterocycles. The van der Waals surface area contributed by atoms with E-state index in [1.54, 1.807) is 55.7 Å². The van der Waals surface area contributed by atoms with Crippen LogP contribution in [0.25, 0.3) is 0 Å². The zero-order valence-corrected chi connectivity index (χ0v) is 22.6. The molecule has 41 heavy (non-hydrogen) atoms. The van der Waals surface area contributed by atoms with Crippen LogP contribution in [0.1, 0.15) is 11.4 Å². The lowest BCUT2D eigenvalue weighted by Gasteiger charge is -2.22. The Balaban J connectivity index is 1.40. The number of alkyl halides is 3. The minimum atomic E-state index is -4.80. The highest BCUT2D eigenvalue weighted by molar-refractivity contribution is 7.89. The standard InChI is InChI=1S/C27H25F3N6O4S/c1-35(25-14-15-32-24(34-25)17-18-4-3-5-23(16-18)41(31,38)39)20-8-10-21(11-9-20)36(2)26(37)33-19-6-12-22(13-7-19)40-27(28,29)30/h3-16H,17H2,1-2H3,(H,33,37)(H2,31,38,39). The lowest BCUT2D eigenvalue weighted by atomic mass is 10.1. The number of primary sulfonamides is 1. The van der Waals surface area contributed by atoms with E-state index >= 15 is 0 Å². The van der Waals surface area contributed by atoms with Gasteiger partial charge in [0.25, 0.3) is 0 Å². The average molecular weight is 587 g/mol. The van der Waals surface area contributed by atoms with Crippen molar-refractivity contribution >= 4 is 38.9 Å². The molecule has 0 radical (unpaired) electrons. The summed E-state index contributed by atoms with van der Waals surface area (Å²) in [6, 6.07) is 19.4. The highest BCUT2D eigenvalue weighted by Crippen LogP contribution is 2.26. The van der Waals surface area contributed by atoms with Crippen molar-refractivity contribution in [2.75, 3.05) is 29.2 Å². The smallest absolute Gasteiger partial charge is 0.406 e. The average Bonchev–Trinajstić information content (AvgIpc) is 2.92. The molecule has 0 bridgehead atoms. The number of anilines is 4. The maximum atomic E-state index is 12.7. The van der Waals surface area contributed by atoms with Gasteiger partial charge in [-0.1, -0.05) is 12.1 Å².